The Bertz CT molecular complexity index is 1140. The Labute approximate surface area is 186 Å². The Morgan fingerprint density at radius 2 is 1.94 bits per heavy atom. The van der Waals surface area contributed by atoms with E-state index < -0.39 is 10.0 Å². The number of sulfonamides is 1. The van der Waals surface area contributed by atoms with Crippen LogP contribution in [-0.2, 0) is 19.6 Å². The number of para-hydroxylation sites is 1. The van der Waals surface area contributed by atoms with Crippen molar-refractivity contribution in [2.45, 2.75) is 30.8 Å². The van der Waals surface area contributed by atoms with Crippen molar-refractivity contribution >= 4 is 42.6 Å². The molecule has 1 unspecified atom stereocenters. The number of hydrogen-bond acceptors (Lipinski definition) is 6. The molecule has 9 heteroatoms. The van der Waals surface area contributed by atoms with Crippen LogP contribution in [0.4, 0.5) is 5.13 Å². The maximum Gasteiger partial charge on any atom is 0.244 e. The number of nitrogens with zero attached hydrogens (tertiary/aromatic N) is 3. The third-order valence-corrected chi connectivity index (χ3v) is 8.19. The van der Waals surface area contributed by atoms with Crippen LogP contribution in [0.2, 0.25) is 0 Å². The second kappa shape index (κ2) is 9.04. The van der Waals surface area contributed by atoms with Gasteiger partial charge in [-0.3, -0.25) is 9.69 Å². The zero-order valence-electron chi connectivity index (χ0n) is 17.5. The fraction of sp³-hybridized carbons (Fsp3) is 0.364. The van der Waals surface area contributed by atoms with E-state index in [2.05, 4.69) is 4.98 Å². The summed E-state index contributed by atoms with van der Waals surface area (Å²) in [6.07, 6.45) is 1.75. The first-order chi connectivity index (χ1) is 14.8. The Balaban J connectivity index is 1.58. The number of hydrogen-bond donors (Lipinski definition) is 0. The topological polar surface area (TPSA) is 79.8 Å². The van der Waals surface area contributed by atoms with Gasteiger partial charge in [0.1, 0.15) is 0 Å². The van der Waals surface area contributed by atoms with Crippen molar-refractivity contribution in [2.75, 3.05) is 31.6 Å². The Morgan fingerprint density at radius 1 is 1.19 bits per heavy atom. The lowest BCUT2D eigenvalue weighted by molar-refractivity contribution is -0.119. The number of ether oxygens (including phenoxy) is 1. The number of anilines is 1. The molecule has 3 aromatic rings. The van der Waals surface area contributed by atoms with E-state index in [1.807, 2.05) is 31.2 Å². The molecule has 7 nitrogen and oxygen atoms in total. The zero-order chi connectivity index (χ0) is 22.0. The number of aromatic nitrogens is 1. The van der Waals surface area contributed by atoms with Crippen LogP contribution < -0.4 is 4.90 Å². The molecular weight excluding hydrogens is 434 g/mol. The minimum absolute atomic E-state index is 0.0741. The molecule has 31 heavy (non-hydrogen) atoms. The van der Waals surface area contributed by atoms with E-state index in [9.17, 15) is 13.2 Å². The minimum atomic E-state index is -3.78. The lowest BCUT2D eigenvalue weighted by Crippen LogP contribution is -2.44. The molecule has 0 saturated carbocycles. The van der Waals surface area contributed by atoms with E-state index >= 15 is 0 Å². The molecule has 0 radical (unpaired) electrons. The number of thiazole rings is 1. The summed E-state index contributed by atoms with van der Waals surface area (Å²) in [7, 11) is -2.35. The highest BCUT2D eigenvalue weighted by Gasteiger charge is 2.30. The normalized spacial score (nSPS) is 16.8. The number of aryl methyl sites for hydroxylation is 1. The standard InChI is InChI=1S/C22H25N3O4S2/c1-16-9-11-18(12-10-16)31(27,28)24(2)15-21(26)25(14-17-6-5-13-29-17)22-23-19-7-3-4-8-20(19)30-22/h3-4,7-12,17H,5-6,13-15H2,1-2H3. The monoisotopic (exact) mass is 459 g/mol. The number of fused-ring (bicyclic) bond motifs is 1. The lowest BCUT2D eigenvalue weighted by atomic mass is 10.2. The molecule has 2 heterocycles. The highest BCUT2D eigenvalue weighted by molar-refractivity contribution is 7.89. The predicted octanol–water partition coefficient (Wildman–Crippen LogP) is 3.44. The summed E-state index contributed by atoms with van der Waals surface area (Å²) in [5.41, 5.74) is 1.78. The molecule has 0 N–H and O–H groups in total. The van der Waals surface area contributed by atoms with Crippen molar-refractivity contribution in [3.05, 3.63) is 54.1 Å². The molecule has 0 bridgehead atoms. The largest absolute Gasteiger partial charge is 0.376 e. The molecule has 1 aliphatic heterocycles. The number of rotatable bonds is 7. The summed E-state index contributed by atoms with van der Waals surface area (Å²) in [5.74, 6) is -0.326. The fourth-order valence-corrected chi connectivity index (χ4v) is 5.62. The van der Waals surface area contributed by atoms with Gasteiger partial charge < -0.3 is 4.74 Å². The molecule has 4 rings (SSSR count). The zero-order valence-corrected chi connectivity index (χ0v) is 19.2. The van der Waals surface area contributed by atoms with Gasteiger partial charge in [0.05, 0.1) is 34.3 Å². The smallest absolute Gasteiger partial charge is 0.244 e. The third kappa shape index (κ3) is 4.79. The second-order valence-corrected chi connectivity index (χ2v) is 10.7. The molecule has 0 aliphatic carbocycles. The Morgan fingerprint density at radius 3 is 2.61 bits per heavy atom. The van der Waals surface area contributed by atoms with E-state index in [0.29, 0.717) is 18.3 Å². The van der Waals surface area contributed by atoms with Gasteiger partial charge in [-0.2, -0.15) is 4.31 Å². The predicted molar refractivity (Wildman–Crippen MR) is 122 cm³/mol. The van der Waals surface area contributed by atoms with Crippen LogP contribution in [0.3, 0.4) is 0 Å². The molecular formula is C22H25N3O4S2. The summed E-state index contributed by atoms with van der Waals surface area (Å²) < 4.78 is 33.7. The van der Waals surface area contributed by atoms with Gasteiger partial charge in [-0.1, -0.05) is 41.2 Å². The number of likely N-dealkylation sites (N-methyl/N-ethyl adjacent to an activating group) is 1. The Kier molecular flexibility index (Phi) is 6.38. The molecule has 1 saturated heterocycles. The van der Waals surface area contributed by atoms with Gasteiger partial charge >= 0.3 is 0 Å². The summed E-state index contributed by atoms with van der Waals surface area (Å²) in [6, 6.07) is 14.3. The van der Waals surface area contributed by atoms with Crippen molar-refractivity contribution in [1.82, 2.24) is 9.29 Å². The van der Waals surface area contributed by atoms with Gasteiger partial charge in [0, 0.05) is 13.7 Å². The highest BCUT2D eigenvalue weighted by Crippen LogP contribution is 2.30. The van der Waals surface area contributed by atoms with Crippen molar-refractivity contribution in [1.29, 1.82) is 0 Å². The average Bonchev–Trinajstić information content (AvgIpc) is 3.41. The number of amides is 1. The van der Waals surface area contributed by atoms with Gasteiger partial charge in [0.15, 0.2) is 5.13 Å². The maximum atomic E-state index is 13.3. The number of benzene rings is 2. The molecule has 1 atom stereocenters. The van der Waals surface area contributed by atoms with E-state index in [1.54, 1.807) is 29.2 Å². The van der Waals surface area contributed by atoms with Crippen LogP contribution in [0.25, 0.3) is 10.2 Å². The summed E-state index contributed by atoms with van der Waals surface area (Å²) in [5, 5.41) is 0.558. The van der Waals surface area contributed by atoms with Gasteiger partial charge in [-0.25, -0.2) is 13.4 Å². The lowest BCUT2D eigenvalue weighted by Gasteiger charge is -2.25. The van der Waals surface area contributed by atoms with Crippen molar-refractivity contribution in [3.63, 3.8) is 0 Å². The first kappa shape index (κ1) is 21.9. The quantitative estimate of drug-likeness (QED) is 0.541. The summed E-state index contributed by atoms with van der Waals surface area (Å²) in [6.45, 7) is 2.65. The van der Waals surface area contributed by atoms with Gasteiger partial charge in [-0.05, 0) is 44.0 Å². The van der Waals surface area contributed by atoms with Crippen LogP contribution in [0, 0.1) is 6.92 Å². The molecule has 0 spiro atoms. The van der Waals surface area contributed by atoms with Gasteiger partial charge in [-0.15, -0.1) is 0 Å². The van der Waals surface area contributed by atoms with Crippen molar-refractivity contribution < 1.29 is 17.9 Å². The number of carbonyl (C=O) groups is 1. The first-order valence-corrected chi connectivity index (χ1v) is 12.4. The molecule has 164 valence electrons. The van der Waals surface area contributed by atoms with Crippen LogP contribution in [-0.4, -0.2) is 56.5 Å². The van der Waals surface area contributed by atoms with Gasteiger partial charge in [0.2, 0.25) is 15.9 Å². The minimum Gasteiger partial charge on any atom is -0.376 e. The third-order valence-electron chi connectivity index (χ3n) is 5.31. The van der Waals surface area contributed by atoms with Crippen molar-refractivity contribution in [2.24, 2.45) is 0 Å². The van der Waals surface area contributed by atoms with Crippen LogP contribution >= 0.6 is 11.3 Å². The second-order valence-electron chi connectivity index (χ2n) is 7.68. The van der Waals surface area contributed by atoms with Crippen molar-refractivity contribution in [3.8, 4) is 0 Å². The average molecular weight is 460 g/mol. The van der Waals surface area contributed by atoms with Crippen LogP contribution in [0.5, 0.6) is 0 Å². The first-order valence-electron chi connectivity index (χ1n) is 10.1. The van der Waals surface area contributed by atoms with E-state index in [0.717, 1.165) is 32.9 Å². The highest BCUT2D eigenvalue weighted by atomic mass is 32.2. The Hall–Kier alpha value is -2.33. The molecule has 1 amide bonds. The molecule has 1 aromatic heterocycles. The van der Waals surface area contributed by atoms with E-state index in [-0.39, 0.29) is 23.5 Å². The number of carbonyl (C=O) groups excluding carboxylic acids is 1. The van der Waals surface area contributed by atoms with Crippen LogP contribution in [0.1, 0.15) is 18.4 Å². The fourth-order valence-electron chi connectivity index (χ4n) is 3.51. The van der Waals surface area contributed by atoms with E-state index in [4.69, 9.17) is 4.74 Å². The SMILES string of the molecule is Cc1ccc(S(=O)(=O)N(C)CC(=O)N(CC2CCCO2)c2nc3ccccc3s2)cc1. The molecule has 1 fully saturated rings. The van der Waals surface area contributed by atoms with Crippen LogP contribution in [0.15, 0.2) is 53.4 Å². The molecule has 1 aliphatic rings. The maximum absolute atomic E-state index is 13.3. The molecule has 2 aromatic carbocycles. The van der Waals surface area contributed by atoms with Gasteiger partial charge in [0.25, 0.3) is 0 Å². The summed E-state index contributed by atoms with van der Waals surface area (Å²) in [4.78, 5) is 19.6. The summed E-state index contributed by atoms with van der Waals surface area (Å²) >= 11 is 1.42. The van der Waals surface area contributed by atoms with E-state index in [1.165, 1.54) is 18.4 Å².